The first kappa shape index (κ1) is 14.6. The standard InChI is InChI=1S/C15H17ClN2O2S/c1-2-20-10-6-9(7-10)18-15(19)14-13(17)11-5-8(16)3-4-12(11)21-14/h3-5,9-10H,2,6-7,17H2,1H3,(H,18,19). The van der Waals surface area contributed by atoms with E-state index in [9.17, 15) is 4.79 Å². The second-order valence-corrected chi connectivity index (χ2v) is 6.69. The zero-order chi connectivity index (χ0) is 15.0. The van der Waals surface area contributed by atoms with E-state index in [0.717, 1.165) is 29.5 Å². The average Bonchev–Trinajstić information content (AvgIpc) is 2.74. The van der Waals surface area contributed by atoms with Gasteiger partial charge in [-0.15, -0.1) is 11.3 Å². The molecule has 1 fully saturated rings. The Morgan fingerprint density at radius 2 is 2.29 bits per heavy atom. The maximum Gasteiger partial charge on any atom is 0.263 e. The lowest BCUT2D eigenvalue weighted by atomic mass is 9.89. The Morgan fingerprint density at radius 3 is 3.00 bits per heavy atom. The number of carbonyl (C=O) groups excluding carboxylic acids is 1. The van der Waals surface area contributed by atoms with Crippen molar-refractivity contribution in [3.8, 4) is 0 Å². The van der Waals surface area contributed by atoms with Crippen molar-refractivity contribution in [1.29, 1.82) is 0 Å². The fourth-order valence-electron chi connectivity index (χ4n) is 2.56. The van der Waals surface area contributed by atoms with Crippen LogP contribution in [0.1, 0.15) is 29.4 Å². The Bertz CT molecular complexity index is 680. The third-order valence-corrected chi connectivity index (χ3v) is 5.15. The summed E-state index contributed by atoms with van der Waals surface area (Å²) >= 11 is 7.38. The van der Waals surface area contributed by atoms with Crippen LogP contribution in [0.3, 0.4) is 0 Å². The van der Waals surface area contributed by atoms with Crippen LogP contribution in [0.5, 0.6) is 0 Å². The normalized spacial score (nSPS) is 21.2. The lowest BCUT2D eigenvalue weighted by molar-refractivity contribution is -0.00858. The molecule has 1 aromatic heterocycles. The Kier molecular flexibility index (Phi) is 4.06. The molecule has 0 bridgehead atoms. The fourth-order valence-corrected chi connectivity index (χ4v) is 3.74. The van der Waals surface area contributed by atoms with E-state index in [-0.39, 0.29) is 18.1 Å². The van der Waals surface area contributed by atoms with Gasteiger partial charge in [0, 0.05) is 27.8 Å². The molecule has 1 saturated carbocycles. The lowest BCUT2D eigenvalue weighted by Crippen LogP contribution is -2.47. The molecule has 0 spiro atoms. The number of amides is 1. The number of hydrogen-bond donors (Lipinski definition) is 2. The van der Waals surface area contributed by atoms with Crippen LogP contribution in [-0.2, 0) is 4.74 Å². The summed E-state index contributed by atoms with van der Waals surface area (Å²) in [5.74, 6) is -0.107. The third kappa shape index (κ3) is 2.86. The van der Waals surface area contributed by atoms with Crippen LogP contribution in [0.4, 0.5) is 5.69 Å². The van der Waals surface area contributed by atoms with Gasteiger partial charge in [0.2, 0.25) is 0 Å². The molecular weight excluding hydrogens is 308 g/mol. The smallest absolute Gasteiger partial charge is 0.263 e. The first-order chi connectivity index (χ1) is 10.1. The number of thiophene rings is 1. The molecule has 2 aromatic rings. The van der Waals surface area contributed by atoms with Gasteiger partial charge < -0.3 is 15.8 Å². The topological polar surface area (TPSA) is 64.3 Å². The summed E-state index contributed by atoms with van der Waals surface area (Å²) in [6.45, 7) is 2.70. The summed E-state index contributed by atoms with van der Waals surface area (Å²) in [4.78, 5) is 12.9. The molecule has 3 N–H and O–H groups in total. The summed E-state index contributed by atoms with van der Waals surface area (Å²) in [5, 5.41) is 4.48. The SMILES string of the molecule is CCOC1CC(NC(=O)c2sc3ccc(Cl)cc3c2N)C1. The fraction of sp³-hybridized carbons (Fsp3) is 0.400. The average molecular weight is 325 g/mol. The van der Waals surface area contributed by atoms with Crippen molar-refractivity contribution in [3.63, 3.8) is 0 Å². The van der Waals surface area contributed by atoms with Gasteiger partial charge in [-0.2, -0.15) is 0 Å². The van der Waals surface area contributed by atoms with Gasteiger partial charge in [0.25, 0.3) is 5.91 Å². The van der Waals surface area contributed by atoms with Crippen molar-refractivity contribution < 1.29 is 9.53 Å². The van der Waals surface area contributed by atoms with Gasteiger partial charge in [0.05, 0.1) is 11.8 Å². The number of anilines is 1. The molecule has 1 amide bonds. The second kappa shape index (κ2) is 5.83. The quantitative estimate of drug-likeness (QED) is 0.905. The number of rotatable bonds is 4. The van der Waals surface area contributed by atoms with Gasteiger partial charge in [-0.1, -0.05) is 11.6 Å². The van der Waals surface area contributed by atoms with Crippen LogP contribution >= 0.6 is 22.9 Å². The van der Waals surface area contributed by atoms with E-state index in [1.807, 2.05) is 13.0 Å². The van der Waals surface area contributed by atoms with Gasteiger partial charge in [0.15, 0.2) is 0 Å². The van der Waals surface area contributed by atoms with Gasteiger partial charge in [-0.3, -0.25) is 4.79 Å². The number of nitrogen functional groups attached to an aromatic ring is 1. The third-order valence-electron chi connectivity index (χ3n) is 3.73. The Labute approximate surface area is 132 Å². The van der Waals surface area contributed by atoms with E-state index in [1.54, 1.807) is 12.1 Å². The predicted molar refractivity (Wildman–Crippen MR) is 87.1 cm³/mol. The largest absolute Gasteiger partial charge is 0.397 e. The zero-order valence-electron chi connectivity index (χ0n) is 11.7. The molecule has 112 valence electrons. The summed E-state index contributed by atoms with van der Waals surface area (Å²) in [6.07, 6.45) is 2.02. The molecule has 0 unspecified atom stereocenters. The first-order valence-electron chi connectivity index (χ1n) is 6.98. The highest BCUT2D eigenvalue weighted by Crippen LogP contribution is 2.35. The van der Waals surface area contributed by atoms with Crippen molar-refractivity contribution in [2.75, 3.05) is 12.3 Å². The summed E-state index contributed by atoms with van der Waals surface area (Å²) in [5.41, 5.74) is 6.60. The van der Waals surface area contributed by atoms with Crippen molar-refractivity contribution in [2.45, 2.75) is 31.9 Å². The second-order valence-electron chi connectivity index (χ2n) is 5.20. The van der Waals surface area contributed by atoms with Crippen LogP contribution in [0.25, 0.3) is 10.1 Å². The number of nitrogens with two attached hydrogens (primary N) is 1. The lowest BCUT2D eigenvalue weighted by Gasteiger charge is -2.35. The number of fused-ring (bicyclic) bond motifs is 1. The maximum atomic E-state index is 12.3. The summed E-state index contributed by atoms with van der Waals surface area (Å²) < 4.78 is 6.47. The van der Waals surface area contributed by atoms with E-state index in [2.05, 4.69) is 5.32 Å². The molecule has 1 aromatic carbocycles. The monoisotopic (exact) mass is 324 g/mol. The molecule has 1 aliphatic carbocycles. The van der Waals surface area contributed by atoms with Crippen molar-refractivity contribution in [3.05, 3.63) is 28.1 Å². The number of ether oxygens (including phenoxy) is 1. The number of carbonyl (C=O) groups is 1. The number of benzene rings is 1. The Morgan fingerprint density at radius 1 is 1.52 bits per heavy atom. The van der Waals surface area contributed by atoms with Crippen LogP contribution in [0.2, 0.25) is 5.02 Å². The van der Waals surface area contributed by atoms with E-state index < -0.39 is 0 Å². The number of nitrogens with one attached hydrogen (secondary N) is 1. The molecule has 0 saturated heterocycles. The highest BCUT2D eigenvalue weighted by Gasteiger charge is 2.31. The summed E-state index contributed by atoms with van der Waals surface area (Å²) in [7, 11) is 0. The molecule has 1 heterocycles. The van der Waals surface area contributed by atoms with Gasteiger partial charge in [-0.05, 0) is 38.0 Å². The van der Waals surface area contributed by atoms with E-state index in [1.165, 1.54) is 11.3 Å². The van der Waals surface area contributed by atoms with Gasteiger partial charge in [0.1, 0.15) is 4.88 Å². The molecule has 3 rings (SSSR count). The highest BCUT2D eigenvalue weighted by atomic mass is 35.5. The maximum absolute atomic E-state index is 12.3. The molecule has 1 aliphatic rings. The van der Waals surface area contributed by atoms with Crippen LogP contribution in [0.15, 0.2) is 18.2 Å². The van der Waals surface area contributed by atoms with E-state index in [0.29, 0.717) is 15.6 Å². The van der Waals surface area contributed by atoms with Crippen LogP contribution < -0.4 is 11.1 Å². The first-order valence-corrected chi connectivity index (χ1v) is 8.18. The van der Waals surface area contributed by atoms with Crippen molar-refractivity contribution in [1.82, 2.24) is 5.32 Å². The summed E-state index contributed by atoms with van der Waals surface area (Å²) in [6, 6.07) is 5.68. The number of halogens is 1. The molecule has 4 nitrogen and oxygen atoms in total. The molecule has 0 radical (unpaired) electrons. The number of hydrogen-bond acceptors (Lipinski definition) is 4. The van der Waals surface area contributed by atoms with Crippen LogP contribution in [-0.4, -0.2) is 24.7 Å². The predicted octanol–water partition coefficient (Wildman–Crippen LogP) is 3.43. The molecule has 6 heteroatoms. The van der Waals surface area contributed by atoms with E-state index in [4.69, 9.17) is 22.1 Å². The highest BCUT2D eigenvalue weighted by molar-refractivity contribution is 7.21. The Hall–Kier alpha value is -1.30. The van der Waals surface area contributed by atoms with Crippen molar-refractivity contribution >= 4 is 44.6 Å². The molecule has 0 atom stereocenters. The zero-order valence-corrected chi connectivity index (χ0v) is 13.3. The molecule has 21 heavy (non-hydrogen) atoms. The molecular formula is C15H17ClN2O2S. The minimum atomic E-state index is -0.107. The van der Waals surface area contributed by atoms with Gasteiger partial charge in [-0.25, -0.2) is 0 Å². The Balaban J connectivity index is 1.72. The van der Waals surface area contributed by atoms with E-state index >= 15 is 0 Å². The molecule has 0 aliphatic heterocycles. The minimum absolute atomic E-state index is 0.107. The van der Waals surface area contributed by atoms with Crippen LogP contribution in [0, 0.1) is 0 Å². The minimum Gasteiger partial charge on any atom is -0.397 e. The van der Waals surface area contributed by atoms with Crippen molar-refractivity contribution in [2.24, 2.45) is 0 Å². The van der Waals surface area contributed by atoms with Gasteiger partial charge >= 0.3 is 0 Å².